The molecule has 0 saturated carbocycles. The second kappa shape index (κ2) is 3.77. The molecule has 0 amide bonds. The maximum absolute atomic E-state index is 5.83. The lowest BCUT2D eigenvalue weighted by Gasteiger charge is -2.13. The van der Waals surface area contributed by atoms with Gasteiger partial charge in [-0.1, -0.05) is 6.07 Å². The SMILES string of the molecule is CC1Cc2c(ccc3c2[C@H](CCN)CC3)O1. The van der Waals surface area contributed by atoms with Crippen molar-refractivity contribution in [3.8, 4) is 5.75 Å². The Morgan fingerprint density at radius 3 is 3.12 bits per heavy atom. The molecule has 1 aliphatic carbocycles. The normalized spacial score (nSPS) is 26.4. The number of hydrogen-bond acceptors (Lipinski definition) is 2. The van der Waals surface area contributed by atoms with E-state index >= 15 is 0 Å². The standard InChI is InChI=1S/C14H19NO/c1-9-8-12-13(16-9)5-4-10-2-3-11(6-7-15)14(10)12/h4-5,9,11H,2-3,6-8,15H2,1H3/t9?,11-/m0/s1. The Labute approximate surface area is 96.8 Å². The third-order valence-electron chi connectivity index (χ3n) is 3.91. The zero-order valence-corrected chi connectivity index (χ0v) is 9.83. The van der Waals surface area contributed by atoms with Crippen LogP contribution in [-0.2, 0) is 12.8 Å². The zero-order valence-electron chi connectivity index (χ0n) is 9.83. The van der Waals surface area contributed by atoms with Crippen molar-refractivity contribution in [1.82, 2.24) is 0 Å². The highest BCUT2D eigenvalue weighted by atomic mass is 16.5. The van der Waals surface area contributed by atoms with Gasteiger partial charge < -0.3 is 10.5 Å². The molecule has 86 valence electrons. The second-order valence-corrected chi connectivity index (χ2v) is 5.06. The lowest BCUT2D eigenvalue weighted by Crippen LogP contribution is -2.07. The predicted molar refractivity (Wildman–Crippen MR) is 65.0 cm³/mol. The molecular weight excluding hydrogens is 198 g/mol. The van der Waals surface area contributed by atoms with Crippen LogP contribution in [0.4, 0.5) is 0 Å². The minimum Gasteiger partial charge on any atom is -0.490 e. The number of aryl methyl sites for hydroxylation is 1. The fourth-order valence-corrected chi connectivity index (χ4v) is 3.25. The van der Waals surface area contributed by atoms with Crippen LogP contribution in [0, 0.1) is 0 Å². The summed E-state index contributed by atoms with van der Waals surface area (Å²) in [4.78, 5) is 0. The molecule has 2 atom stereocenters. The van der Waals surface area contributed by atoms with Crippen molar-refractivity contribution in [1.29, 1.82) is 0 Å². The summed E-state index contributed by atoms with van der Waals surface area (Å²) in [5, 5.41) is 0. The Hall–Kier alpha value is -1.02. The molecule has 3 rings (SSSR count). The van der Waals surface area contributed by atoms with Crippen molar-refractivity contribution in [2.45, 2.75) is 44.6 Å². The second-order valence-electron chi connectivity index (χ2n) is 5.06. The average Bonchev–Trinajstić information content (AvgIpc) is 2.81. The molecule has 0 fully saturated rings. The number of rotatable bonds is 2. The van der Waals surface area contributed by atoms with Gasteiger partial charge in [0.1, 0.15) is 11.9 Å². The Kier molecular flexibility index (Phi) is 2.40. The quantitative estimate of drug-likeness (QED) is 0.825. The minimum absolute atomic E-state index is 0.348. The summed E-state index contributed by atoms with van der Waals surface area (Å²) in [6.45, 7) is 2.95. The molecule has 2 heteroatoms. The van der Waals surface area contributed by atoms with Crippen LogP contribution in [0.3, 0.4) is 0 Å². The molecule has 0 bridgehead atoms. The summed E-state index contributed by atoms with van der Waals surface area (Å²) < 4.78 is 5.83. The van der Waals surface area contributed by atoms with Crippen molar-refractivity contribution in [2.75, 3.05) is 6.54 Å². The highest BCUT2D eigenvalue weighted by Gasteiger charge is 2.30. The molecule has 1 aromatic carbocycles. The Bertz CT molecular complexity index is 411. The number of benzene rings is 1. The Morgan fingerprint density at radius 1 is 1.44 bits per heavy atom. The number of ether oxygens (including phenoxy) is 1. The third-order valence-corrected chi connectivity index (χ3v) is 3.91. The van der Waals surface area contributed by atoms with E-state index in [1.54, 1.807) is 5.56 Å². The van der Waals surface area contributed by atoms with E-state index in [4.69, 9.17) is 10.5 Å². The number of nitrogens with two attached hydrogens (primary N) is 1. The fourth-order valence-electron chi connectivity index (χ4n) is 3.25. The number of hydrogen-bond donors (Lipinski definition) is 1. The summed E-state index contributed by atoms with van der Waals surface area (Å²) in [6, 6.07) is 4.41. The fraction of sp³-hybridized carbons (Fsp3) is 0.571. The van der Waals surface area contributed by atoms with Gasteiger partial charge in [-0.15, -0.1) is 0 Å². The Morgan fingerprint density at radius 2 is 2.31 bits per heavy atom. The first-order valence-electron chi connectivity index (χ1n) is 6.31. The first-order chi connectivity index (χ1) is 7.79. The van der Waals surface area contributed by atoms with Gasteiger partial charge in [0.15, 0.2) is 0 Å². The molecule has 1 aliphatic heterocycles. The third kappa shape index (κ3) is 1.44. The summed E-state index contributed by atoms with van der Waals surface area (Å²) in [5.74, 6) is 1.80. The van der Waals surface area contributed by atoms with Crippen LogP contribution >= 0.6 is 0 Å². The first-order valence-corrected chi connectivity index (χ1v) is 6.31. The van der Waals surface area contributed by atoms with Crippen LogP contribution in [0.2, 0.25) is 0 Å². The summed E-state index contributed by atoms with van der Waals surface area (Å²) in [6.07, 6.45) is 5.05. The van der Waals surface area contributed by atoms with Gasteiger partial charge >= 0.3 is 0 Å². The predicted octanol–water partition coefficient (Wildman–Crippen LogP) is 2.39. The number of fused-ring (bicyclic) bond motifs is 3. The van der Waals surface area contributed by atoms with E-state index in [0.717, 1.165) is 25.1 Å². The van der Waals surface area contributed by atoms with Gasteiger partial charge in [-0.25, -0.2) is 0 Å². The van der Waals surface area contributed by atoms with Gasteiger partial charge in [0.05, 0.1) is 0 Å². The highest BCUT2D eigenvalue weighted by molar-refractivity contribution is 5.51. The van der Waals surface area contributed by atoms with Crippen molar-refractivity contribution >= 4 is 0 Å². The van der Waals surface area contributed by atoms with E-state index < -0.39 is 0 Å². The molecule has 1 heterocycles. The van der Waals surface area contributed by atoms with Gasteiger partial charge in [-0.2, -0.15) is 0 Å². The lowest BCUT2D eigenvalue weighted by atomic mass is 9.91. The van der Waals surface area contributed by atoms with Crippen molar-refractivity contribution < 1.29 is 4.74 Å². The van der Waals surface area contributed by atoms with Crippen molar-refractivity contribution in [3.05, 3.63) is 28.8 Å². The lowest BCUT2D eigenvalue weighted by molar-refractivity contribution is 0.254. The summed E-state index contributed by atoms with van der Waals surface area (Å²) in [7, 11) is 0. The van der Waals surface area contributed by atoms with Gasteiger partial charge in [0.25, 0.3) is 0 Å². The van der Waals surface area contributed by atoms with Crippen molar-refractivity contribution in [3.63, 3.8) is 0 Å². The molecule has 2 N–H and O–H groups in total. The molecular formula is C14H19NO. The molecule has 2 aliphatic rings. The van der Waals surface area contributed by atoms with Crippen LogP contribution < -0.4 is 10.5 Å². The van der Waals surface area contributed by atoms with E-state index in [-0.39, 0.29) is 0 Å². The van der Waals surface area contributed by atoms with E-state index in [2.05, 4.69) is 19.1 Å². The molecule has 2 nitrogen and oxygen atoms in total. The van der Waals surface area contributed by atoms with E-state index in [1.165, 1.54) is 24.0 Å². The van der Waals surface area contributed by atoms with E-state index in [9.17, 15) is 0 Å². The smallest absolute Gasteiger partial charge is 0.123 e. The van der Waals surface area contributed by atoms with Crippen LogP contribution in [0.15, 0.2) is 12.1 Å². The molecule has 16 heavy (non-hydrogen) atoms. The molecule has 1 aromatic rings. The van der Waals surface area contributed by atoms with Crippen LogP contribution in [0.5, 0.6) is 5.75 Å². The zero-order chi connectivity index (χ0) is 11.1. The minimum atomic E-state index is 0.348. The topological polar surface area (TPSA) is 35.2 Å². The largest absolute Gasteiger partial charge is 0.490 e. The maximum atomic E-state index is 5.83. The summed E-state index contributed by atoms with van der Waals surface area (Å²) >= 11 is 0. The van der Waals surface area contributed by atoms with Crippen LogP contribution in [-0.4, -0.2) is 12.6 Å². The van der Waals surface area contributed by atoms with Crippen LogP contribution in [0.25, 0.3) is 0 Å². The molecule has 0 spiro atoms. The Balaban J connectivity index is 2.03. The monoisotopic (exact) mass is 217 g/mol. The highest BCUT2D eigenvalue weighted by Crippen LogP contribution is 2.43. The molecule has 0 radical (unpaired) electrons. The average molecular weight is 217 g/mol. The van der Waals surface area contributed by atoms with E-state index in [0.29, 0.717) is 12.0 Å². The molecule has 0 saturated heterocycles. The molecule has 1 unspecified atom stereocenters. The van der Waals surface area contributed by atoms with Gasteiger partial charge in [-0.05, 0) is 55.8 Å². The van der Waals surface area contributed by atoms with Gasteiger partial charge in [0.2, 0.25) is 0 Å². The molecule has 0 aromatic heterocycles. The van der Waals surface area contributed by atoms with E-state index in [1.807, 2.05) is 0 Å². The van der Waals surface area contributed by atoms with Crippen LogP contribution in [0.1, 0.15) is 42.4 Å². The van der Waals surface area contributed by atoms with Gasteiger partial charge in [0, 0.05) is 12.0 Å². The van der Waals surface area contributed by atoms with Crippen molar-refractivity contribution in [2.24, 2.45) is 5.73 Å². The van der Waals surface area contributed by atoms with Gasteiger partial charge in [-0.3, -0.25) is 0 Å². The first kappa shape index (κ1) is 10.2. The summed E-state index contributed by atoms with van der Waals surface area (Å²) in [5.41, 5.74) is 10.3. The maximum Gasteiger partial charge on any atom is 0.123 e.